The van der Waals surface area contributed by atoms with Crippen LogP contribution in [0.1, 0.15) is 47.8 Å². The number of rotatable bonds is 7. The Labute approximate surface area is 164 Å². The number of anilines is 1. The van der Waals surface area contributed by atoms with Crippen molar-refractivity contribution in [1.82, 2.24) is 10.2 Å². The molecule has 1 aliphatic heterocycles. The number of nitriles is 1. The number of furan rings is 1. The lowest BCUT2D eigenvalue weighted by atomic mass is 10.1. The highest BCUT2D eigenvalue weighted by molar-refractivity contribution is 5.96. The lowest BCUT2D eigenvalue weighted by Crippen LogP contribution is -2.40. The van der Waals surface area contributed by atoms with E-state index in [1.807, 2.05) is 12.1 Å². The molecule has 0 radical (unpaired) electrons. The molecule has 0 saturated carbocycles. The van der Waals surface area contributed by atoms with E-state index in [-0.39, 0.29) is 24.3 Å². The van der Waals surface area contributed by atoms with Crippen LogP contribution in [-0.4, -0.2) is 36.3 Å². The van der Waals surface area contributed by atoms with Crippen LogP contribution in [-0.2, 0) is 4.79 Å². The summed E-state index contributed by atoms with van der Waals surface area (Å²) < 4.78 is 5.60. The van der Waals surface area contributed by atoms with Gasteiger partial charge in [0.05, 0.1) is 18.4 Å². The van der Waals surface area contributed by atoms with Crippen LogP contribution in [0.3, 0.4) is 0 Å². The molecule has 2 amide bonds. The molecule has 2 heterocycles. The second-order valence-electron chi connectivity index (χ2n) is 6.80. The minimum atomic E-state index is -0.373. The summed E-state index contributed by atoms with van der Waals surface area (Å²) in [5.41, 5.74) is 1.06. The van der Waals surface area contributed by atoms with Crippen LogP contribution in [0.15, 0.2) is 47.1 Å². The van der Waals surface area contributed by atoms with Crippen molar-refractivity contribution >= 4 is 17.5 Å². The van der Waals surface area contributed by atoms with Gasteiger partial charge in [-0.3, -0.25) is 14.5 Å². The molecule has 7 heteroatoms. The van der Waals surface area contributed by atoms with E-state index >= 15 is 0 Å². The molecular weight excluding hydrogens is 356 g/mol. The second kappa shape index (κ2) is 9.72. The largest absolute Gasteiger partial charge is 0.468 e. The summed E-state index contributed by atoms with van der Waals surface area (Å²) in [6, 6.07) is 12.2. The number of nitrogens with one attached hydrogen (secondary N) is 2. The van der Waals surface area contributed by atoms with Crippen molar-refractivity contribution in [3.05, 3.63) is 54.0 Å². The van der Waals surface area contributed by atoms with Crippen molar-refractivity contribution in [2.75, 3.05) is 25.0 Å². The monoisotopic (exact) mass is 380 g/mol. The number of carbonyl (C=O) groups excluding carboxylic acids is 2. The molecular formula is C21H24N4O3. The fraction of sp³-hybridized carbons (Fsp3) is 0.381. The minimum absolute atomic E-state index is 0.0174. The van der Waals surface area contributed by atoms with E-state index < -0.39 is 0 Å². The molecule has 1 fully saturated rings. The third-order valence-corrected chi connectivity index (χ3v) is 4.83. The van der Waals surface area contributed by atoms with Crippen molar-refractivity contribution in [3.63, 3.8) is 0 Å². The number of benzene rings is 1. The van der Waals surface area contributed by atoms with E-state index in [2.05, 4.69) is 15.5 Å². The fourth-order valence-corrected chi connectivity index (χ4v) is 3.39. The van der Waals surface area contributed by atoms with Gasteiger partial charge in [-0.25, -0.2) is 0 Å². The summed E-state index contributed by atoms with van der Waals surface area (Å²) in [6.45, 7) is 2.46. The number of nitrogens with zero attached hydrogens (tertiary/aromatic N) is 2. The predicted molar refractivity (Wildman–Crippen MR) is 105 cm³/mol. The SMILES string of the molecule is N#CCC(=O)Nc1ccc(C(=O)NC[C@H](c2ccco2)N2CCCCC2)cc1. The fourth-order valence-electron chi connectivity index (χ4n) is 3.39. The number of piperidine rings is 1. The summed E-state index contributed by atoms with van der Waals surface area (Å²) >= 11 is 0. The molecule has 28 heavy (non-hydrogen) atoms. The van der Waals surface area contributed by atoms with Crippen molar-refractivity contribution in [3.8, 4) is 6.07 Å². The Bertz CT molecular complexity index is 818. The molecule has 146 valence electrons. The van der Waals surface area contributed by atoms with Crippen LogP contribution in [0, 0.1) is 11.3 Å². The molecule has 1 aromatic heterocycles. The summed E-state index contributed by atoms with van der Waals surface area (Å²) in [4.78, 5) is 26.3. The van der Waals surface area contributed by atoms with Gasteiger partial charge in [0, 0.05) is 17.8 Å². The highest BCUT2D eigenvalue weighted by Crippen LogP contribution is 2.24. The zero-order chi connectivity index (χ0) is 19.8. The standard InChI is InChI=1S/C21H24N4O3/c22-11-10-20(26)24-17-8-6-16(7-9-17)21(27)23-15-18(19-5-4-14-28-19)25-12-2-1-3-13-25/h4-9,14,18H,1-3,10,12-13,15H2,(H,23,27)(H,24,26)/t18-/m1/s1. The topological polar surface area (TPSA) is 98.4 Å². The van der Waals surface area contributed by atoms with Crippen molar-refractivity contribution < 1.29 is 14.0 Å². The van der Waals surface area contributed by atoms with Gasteiger partial charge in [0.1, 0.15) is 12.2 Å². The number of hydrogen-bond acceptors (Lipinski definition) is 5. The van der Waals surface area contributed by atoms with Crippen molar-refractivity contribution in [2.45, 2.75) is 31.7 Å². The lowest BCUT2D eigenvalue weighted by molar-refractivity contribution is -0.115. The van der Waals surface area contributed by atoms with Gasteiger partial charge in [-0.05, 0) is 62.3 Å². The third kappa shape index (κ3) is 5.21. The van der Waals surface area contributed by atoms with E-state index in [9.17, 15) is 9.59 Å². The van der Waals surface area contributed by atoms with Gasteiger partial charge in [0.15, 0.2) is 0 Å². The van der Waals surface area contributed by atoms with Gasteiger partial charge < -0.3 is 15.1 Å². The zero-order valence-electron chi connectivity index (χ0n) is 15.7. The highest BCUT2D eigenvalue weighted by atomic mass is 16.3. The van der Waals surface area contributed by atoms with E-state index in [1.54, 1.807) is 36.6 Å². The van der Waals surface area contributed by atoms with E-state index in [0.29, 0.717) is 17.8 Å². The van der Waals surface area contributed by atoms with Crippen LogP contribution >= 0.6 is 0 Å². The Kier molecular flexibility index (Phi) is 6.82. The quantitative estimate of drug-likeness (QED) is 0.769. The predicted octanol–water partition coefficient (Wildman–Crippen LogP) is 3.09. The van der Waals surface area contributed by atoms with Gasteiger partial charge in [0.2, 0.25) is 5.91 Å². The molecule has 1 aromatic carbocycles. The molecule has 0 spiro atoms. The number of hydrogen-bond donors (Lipinski definition) is 2. The molecule has 3 rings (SSSR count). The van der Waals surface area contributed by atoms with Crippen LogP contribution in [0.4, 0.5) is 5.69 Å². The second-order valence-corrected chi connectivity index (χ2v) is 6.80. The Morgan fingerprint density at radius 1 is 1.14 bits per heavy atom. The van der Waals surface area contributed by atoms with E-state index in [1.165, 1.54) is 6.42 Å². The molecule has 0 aliphatic carbocycles. The molecule has 2 aromatic rings. The van der Waals surface area contributed by atoms with Gasteiger partial charge in [-0.15, -0.1) is 0 Å². The normalized spacial score (nSPS) is 15.4. The molecule has 0 unspecified atom stereocenters. The first-order valence-electron chi connectivity index (χ1n) is 9.50. The summed E-state index contributed by atoms with van der Waals surface area (Å²) in [6.07, 6.45) is 5.01. The van der Waals surface area contributed by atoms with E-state index in [0.717, 1.165) is 31.7 Å². The smallest absolute Gasteiger partial charge is 0.251 e. The third-order valence-electron chi connectivity index (χ3n) is 4.83. The van der Waals surface area contributed by atoms with Crippen molar-refractivity contribution in [2.24, 2.45) is 0 Å². The Morgan fingerprint density at radius 2 is 1.89 bits per heavy atom. The van der Waals surface area contributed by atoms with Crippen LogP contribution in [0.25, 0.3) is 0 Å². The average molecular weight is 380 g/mol. The van der Waals surface area contributed by atoms with Crippen LogP contribution in [0.2, 0.25) is 0 Å². The first-order chi connectivity index (χ1) is 13.7. The average Bonchev–Trinajstić information content (AvgIpc) is 3.24. The first kappa shape index (κ1) is 19.6. The van der Waals surface area contributed by atoms with Crippen LogP contribution in [0.5, 0.6) is 0 Å². The number of amides is 2. The minimum Gasteiger partial charge on any atom is -0.468 e. The maximum absolute atomic E-state index is 12.5. The Morgan fingerprint density at radius 3 is 2.54 bits per heavy atom. The van der Waals surface area contributed by atoms with E-state index in [4.69, 9.17) is 9.68 Å². The van der Waals surface area contributed by atoms with Crippen molar-refractivity contribution in [1.29, 1.82) is 5.26 Å². The Hall–Kier alpha value is -3.11. The van der Waals surface area contributed by atoms with Crippen LogP contribution < -0.4 is 10.6 Å². The zero-order valence-corrected chi connectivity index (χ0v) is 15.7. The molecule has 2 N–H and O–H groups in total. The molecule has 1 saturated heterocycles. The Balaban J connectivity index is 1.59. The molecule has 0 bridgehead atoms. The van der Waals surface area contributed by atoms with Gasteiger partial charge in [0.25, 0.3) is 5.91 Å². The lowest BCUT2D eigenvalue weighted by Gasteiger charge is -2.33. The molecule has 1 aliphatic rings. The maximum Gasteiger partial charge on any atom is 0.251 e. The van der Waals surface area contributed by atoms with Gasteiger partial charge in [-0.1, -0.05) is 6.42 Å². The highest BCUT2D eigenvalue weighted by Gasteiger charge is 2.25. The van der Waals surface area contributed by atoms with Gasteiger partial charge >= 0.3 is 0 Å². The summed E-state index contributed by atoms with van der Waals surface area (Å²) in [7, 11) is 0. The number of carbonyl (C=O) groups is 2. The number of likely N-dealkylation sites (tertiary alicyclic amines) is 1. The molecule has 7 nitrogen and oxygen atoms in total. The van der Waals surface area contributed by atoms with Gasteiger partial charge in [-0.2, -0.15) is 5.26 Å². The summed E-state index contributed by atoms with van der Waals surface area (Å²) in [5.74, 6) is 0.309. The maximum atomic E-state index is 12.5. The summed E-state index contributed by atoms with van der Waals surface area (Å²) in [5, 5.41) is 14.1. The molecule has 1 atom stereocenters. The first-order valence-corrected chi connectivity index (χ1v) is 9.50.